The molecule has 0 radical (unpaired) electrons. The average molecular weight is 432 g/mol. The SMILES string of the molecule is O=C1C(=Cc2cc3oc(-c4nccs4)cc3s2)C(=O)c2cc(Cl)c(Cl)cc21. The van der Waals surface area contributed by atoms with Crippen LogP contribution in [0.4, 0.5) is 0 Å². The molecule has 3 aromatic heterocycles. The van der Waals surface area contributed by atoms with Gasteiger partial charge < -0.3 is 4.42 Å². The zero-order valence-electron chi connectivity index (χ0n) is 13.3. The van der Waals surface area contributed by atoms with Crippen LogP contribution in [0, 0.1) is 0 Å². The fourth-order valence-electron chi connectivity index (χ4n) is 2.97. The Hall–Kier alpha value is -2.25. The summed E-state index contributed by atoms with van der Waals surface area (Å²) in [5, 5.41) is 3.20. The molecule has 4 nitrogen and oxygen atoms in total. The Bertz CT molecular complexity index is 1210. The molecule has 0 saturated carbocycles. The first-order valence-corrected chi connectivity index (χ1v) is 10.2. The second-order valence-electron chi connectivity index (χ2n) is 5.85. The van der Waals surface area contributed by atoms with Crippen LogP contribution in [0.25, 0.3) is 27.1 Å². The van der Waals surface area contributed by atoms with Gasteiger partial charge in [0.15, 0.2) is 22.3 Å². The molecule has 5 rings (SSSR count). The molecule has 0 unspecified atom stereocenters. The number of thiophene rings is 1. The summed E-state index contributed by atoms with van der Waals surface area (Å²) in [6.45, 7) is 0. The molecular formula is C19H7Cl2NO3S2. The molecule has 8 heteroatoms. The Labute approximate surface area is 170 Å². The van der Waals surface area contributed by atoms with Crippen molar-refractivity contribution in [1.82, 2.24) is 4.98 Å². The molecular weight excluding hydrogens is 425 g/mol. The van der Waals surface area contributed by atoms with Crippen LogP contribution >= 0.6 is 45.9 Å². The van der Waals surface area contributed by atoms with Crippen molar-refractivity contribution in [3.8, 4) is 10.8 Å². The van der Waals surface area contributed by atoms with Crippen LogP contribution in [0.2, 0.25) is 10.0 Å². The van der Waals surface area contributed by atoms with Gasteiger partial charge in [0.25, 0.3) is 0 Å². The molecule has 1 aromatic carbocycles. The number of hydrogen-bond acceptors (Lipinski definition) is 6. The van der Waals surface area contributed by atoms with E-state index in [2.05, 4.69) is 4.98 Å². The lowest BCUT2D eigenvalue weighted by Gasteiger charge is -1.98. The van der Waals surface area contributed by atoms with Gasteiger partial charge in [0.1, 0.15) is 5.58 Å². The van der Waals surface area contributed by atoms with Crippen LogP contribution in [-0.2, 0) is 0 Å². The molecule has 0 amide bonds. The van der Waals surface area contributed by atoms with E-state index in [0.717, 1.165) is 14.6 Å². The average Bonchev–Trinajstić information content (AvgIpc) is 3.38. The number of aromatic nitrogens is 1. The number of carbonyl (C=O) groups excluding carboxylic acids is 2. The molecule has 1 aliphatic carbocycles. The molecule has 0 fully saturated rings. The number of thiazole rings is 1. The van der Waals surface area contributed by atoms with E-state index >= 15 is 0 Å². The summed E-state index contributed by atoms with van der Waals surface area (Å²) in [7, 11) is 0. The molecule has 4 aromatic rings. The van der Waals surface area contributed by atoms with Crippen LogP contribution in [0.5, 0.6) is 0 Å². The number of allylic oxidation sites excluding steroid dienone is 1. The largest absolute Gasteiger partial charge is 0.453 e. The number of Topliss-reactive ketones (excluding diaryl/α,β-unsaturated/α-hetero) is 2. The van der Waals surface area contributed by atoms with Gasteiger partial charge in [-0.05, 0) is 24.3 Å². The Kier molecular flexibility index (Phi) is 3.84. The number of rotatable bonds is 2. The maximum atomic E-state index is 12.6. The van der Waals surface area contributed by atoms with Gasteiger partial charge in [-0.15, -0.1) is 22.7 Å². The summed E-state index contributed by atoms with van der Waals surface area (Å²) < 4.78 is 6.75. The van der Waals surface area contributed by atoms with Gasteiger partial charge in [0.2, 0.25) is 0 Å². The molecule has 132 valence electrons. The highest BCUT2D eigenvalue weighted by molar-refractivity contribution is 7.20. The van der Waals surface area contributed by atoms with E-state index in [1.807, 2.05) is 17.5 Å². The minimum atomic E-state index is -0.345. The van der Waals surface area contributed by atoms with E-state index in [4.69, 9.17) is 27.6 Å². The summed E-state index contributed by atoms with van der Waals surface area (Å²) in [6, 6.07) is 6.61. The van der Waals surface area contributed by atoms with Crippen LogP contribution in [0.15, 0.2) is 45.8 Å². The molecule has 0 bridgehead atoms. The fourth-order valence-corrected chi connectivity index (χ4v) is 4.85. The van der Waals surface area contributed by atoms with Crippen molar-refractivity contribution in [2.24, 2.45) is 0 Å². The molecule has 3 heterocycles. The summed E-state index contributed by atoms with van der Waals surface area (Å²) in [5.74, 6) is 0.0132. The van der Waals surface area contributed by atoms with Gasteiger partial charge in [0.05, 0.1) is 20.3 Å². The first kappa shape index (κ1) is 16.9. The maximum Gasteiger partial charge on any atom is 0.197 e. The summed E-state index contributed by atoms with van der Waals surface area (Å²) in [6.07, 6.45) is 3.32. The Morgan fingerprint density at radius 1 is 1.00 bits per heavy atom. The van der Waals surface area contributed by atoms with Crippen molar-refractivity contribution in [2.45, 2.75) is 0 Å². The van der Waals surface area contributed by atoms with Gasteiger partial charge in [-0.25, -0.2) is 4.98 Å². The van der Waals surface area contributed by atoms with E-state index in [-0.39, 0.29) is 38.3 Å². The van der Waals surface area contributed by atoms with Crippen LogP contribution in [0.3, 0.4) is 0 Å². The minimum absolute atomic E-state index is 0.104. The number of hydrogen-bond donors (Lipinski definition) is 0. The minimum Gasteiger partial charge on any atom is -0.453 e. The second kappa shape index (κ2) is 6.14. The van der Waals surface area contributed by atoms with E-state index in [1.54, 1.807) is 12.3 Å². The van der Waals surface area contributed by atoms with Crippen LogP contribution in [0.1, 0.15) is 25.6 Å². The lowest BCUT2D eigenvalue weighted by molar-refractivity contribution is 0.0990. The molecule has 0 spiro atoms. The van der Waals surface area contributed by atoms with Gasteiger partial charge in [0, 0.05) is 33.6 Å². The molecule has 0 aliphatic heterocycles. The Morgan fingerprint density at radius 2 is 1.70 bits per heavy atom. The molecule has 0 N–H and O–H groups in total. The molecule has 27 heavy (non-hydrogen) atoms. The zero-order chi connectivity index (χ0) is 18.7. The van der Waals surface area contributed by atoms with Gasteiger partial charge in [-0.3, -0.25) is 9.59 Å². The third-order valence-corrected chi connectivity index (χ3v) is 6.71. The van der Waals surface area contributed by atoms with Crippen LogP contribution in [-0.4, -0.2) is 16.6 Å². The van der Waals surface area contributed by atoms with E-state index < -0.39 is 0 Å². The highest BCUT2D eigenvalue weighted by atomic mass is 35.5. The molecule has 1 aliphatic rings. The lowest BCUT2D eigenvalue weighted by Crippen LogP contribution is -1.99. The van der Waals surface area contributed by atoms with E-state index in [1.165, 1.54) is 34.8 Å². The maximum absolute atomic E-state index is 12.6. The van der Waals surface area contributed by atoms with Crippen molar-refractivity contribution in [1.29, 1.82) is 0 Å². The zero-order valence-corrected chi connectivity index (χ0v) is 16.4. The number of furan rings is 1. The first-order chi connectivity index (χ1) is 13.0. The number of carbonyl (C=O) groups is 2. The lowest BCUT2D eigenvalue weighted by atomic mass is 10.1. The fraction of sp³-hybridized carbons (Fsp3) is 0. The van der Waals surface area contributed by atoms with Gasteiger partial charge in [-0.2, -0.15) is 0 Å². The summed E-state index contributed by atoms with van der Waals surface area (Å²) >= 11 is 14.9. The number of halogens is 2. The third-order valence-electron chi connectivity index (χ3n) is 4.19. The van der Waals surface area contributed by atoms with Crippen molar-refractivity contribution in [2.75, 3.05) is 0 Å². The number of fused-ring (bicyclic) bond motifs is 2. The topological polar surface area (TPSA) is 60.2 Å². The molecule has 0 atom stereocenters. The Balaban J connectivity index is 1.54. The smallest absolute Gasteiger partial charge is 0.197 e. The standard InChI is InChI=1S/C19H7Cl2NO3S2/c20-12-5-9-10(6-13(12)21)18(24)11(17(9)23)3-8-4-14-16(27-8)7-15(25-14)19-22-1-2-26-19/h1-7H. The van der Waals surface area contributed by atoms with Crippen molar-refractivity contribution in [3.05, 3.63) is 67.5 Å². The first-order valence-electron chi connectivity index (χ1n) is 7.74. The van der Waals surface area contributed by atoms with Crippen molar-refractivity contribution in [3.63, 3.8) is 0 Å². The summed E-state index contributed by atoms with van der Waals surface area (Å²) in [4.78, 5) is 30.2. The highest BCUT2D eigenvalue weighted by Gasteiger charge is 2.34. The van der Waals surface area contributed by atoms with Gasteiger partial charge in [-0.1, -0.05) is 23.2 Å². The predicted molar refractivity (Wildman–Crippen MR) is 108 cm³/mol. The normalized spacial score (nSPS) is 13.6. The number of nitrogens with zero attached hydrogens (tertiary/aromatic N) is 1. The van der Waals surface area contributed by atoms with Gasteiger partial charge >= 0.3 is 0 Å². The quantitative estimate of drug-likeness (QED) is 0.272. The second-order valence-corrected chi connectivity index (χ2v) is 8.68. The third kappa shape index (κ3) is 2.68. The van der Waals surface area contributed by atoms with E-state index in [9.17, 15) is 9.59 Å². The van der Waals surface area contributed by atoms with Crippen LogP contribution < -0.4 is 0 Å². The number of ketones is 2. The van der Waals surface area contributed by atoms with E-state index in [0.29, 0.717) is 11.3 Å². The monoisotopic (exact) mass is 431 g/mol. The highest BCUT2D eigenvalue weighted by Crippen LogP contribution is 2.37. The van der Waals surface area contributed by atoms with Crippen molar-refractivity contribution < 1.29 is 14.0 Å². The summed E-state index contributed by atoms with van der Waals surface area (Å²) in [5.41, 5.74) is 1.37. The Morgan fingerprint density at radius 3 is 2.30 bits per heavy atom. The van der Waals surface area contributed by atoms with Crippen molar-refractivity contribution >= 4 is 73.8 Å². The number of benzene rings is 1. The molecule has 0 saturated heterocycles. The predicted octanol–water partition coefficient (Wildman–Crippen LogP) is 6.39.